The van der Waals surface area contributed by atoms with Crippen LogP contribution >= 0.6 is 7.82 Å². The molecule has 8 nitrogen and oxygen atoms in total. The maximum atomic E-state index is 14.0. The fourth-order valence-corrected chi connectivity index (χ4v) is 12.9. The molecule has 12 unspecified atom stereocenters. The molecule has 5 aliphatic rings. The van der Waals surface area contributed by atoms with Crippen molar-refractivity contribution in [3.8, 4) is 0 Å². The van der Waals surface area contributed by atoms with Gasteiger partial charge in [-0.05, 0) is 116 Å². The van der Waals surface area contributed by atoms with E-state index < -0.39 is 20.0 Å². The van der Waals surface area contributed by atoms with Gasteiger partial charge in [-0.1, -0.05) is 48.5 Å². The summed E-state index contributed by atoms with van der Waals surface area (Å²) in [5.41, 5.74) is -0.475. The van der Waals surface area contributed by atoms with Gasteiger partial charge < -0.3 is 24.0 Å². The van der Waals surface area contributed by atoms with Gasteiger partial charge in [-0.15, -0.1) is 0 Å². The molecule has 0 aromatic carbocycles. The molecule has 5 aliphatic carbocycles. The van der Waals surface area contributed by atoms with Crippen LogP contribution in [0.2, 0.25) is 0 Å². The number of phosphoric ester groups is 1. The topological polar surface area (TPSA) is 112 Å². The summed E-state index contributed by atoms with van der Waals surface area (Å²) in [6.07, 6.45) is 9.26. The van der Waals surface area contributed by atoms with E-state index in [-0.39, 0.29) is 45.8 Å². The molecule has 2 N–H and O–H groups in total. The lowest BCUT2D eigenvalue weighted by atomic mass is 9.30. The number of methoxy groups -OCH3 is 1. The van der Waals surface area contributed by atoms with Crippen LogP contribution in [-0.2, 0) is 28.1 Å². The van der Waals surface area contributed by atoms with Gasteiger partial charge in [0.05, 0.1) is 17.6 Å². The maximum Gasteiger partial charge on any atom is 0.472 e. The molecule has 0 saturated heterocycles. The Balaban J connectivity index is 1.53. The lowest BCUT2D eigenvalue weighted by molar-refractivity contribution is -0.296. The third-order valence-corrected chi connectivity index (χ3v) is 15.5. The predicted octanol–water partition coefficient (Wildman–Crippen LogP) is 7.36. The second kappa shape index (κ2) is 11.3. The van der Waals surface area contributed by atoms with E-state index in [1.165, 1.54) is 6.42 Å². The van der Waals surface area contributed by atoms with Crippen LogP contribution in [0.25, 0.3) is 0 Å². The number of hydrogen-bond donors (Lipinski definition) is 2. The second-order valence-corrected chi connectivity index (χ2v) is 17.7. The first-order valence-corrected chi connectivity index (χ1v) is 18.5. The largest absolute Gasteiger partial charge is 0.472 e. The summed E-state index contributed by atoms with van der Waals surface area (Å²) < 4.78 is 34.3. The Morgan fingerprint density at radius 1 is 0.907 bits per heavy atom. The van der Waals surface area contributed by atoms with Crippen LogP contribution in [-0.4, -0.2) is 48.5 Å². The van der Waals surface area contributed by atoms with E-state index in [4.69, 9.17) is 14.2 Å². The molecule has 0 radical (unpaired) electrons. The van der Waals surface area contributed by atoms with E-state index >= 15 is 0 Å². The van der Waals surface area contributed by atoms with E-state index in [9.17, 15) is 19.1 Å². The quantitative estimate of drug-likeness (QED) is 0.171. The normalized spacial score (nSPS) is 49.2. The fourth-order valence-electron chi connectivity index (χ4n) is 12.7. The molecule has 5 rings (SSSR count). The van der Waals surface area contributed by atoms with Gasteiger partial charge in [-0.25, -0.2) is 9.09 Å². The van der Waals surface area contributed by atoms with E-state index in [1.54, 1.807) is 0 Å². The van der Waals surface area contributed by atoms with Crippen molar-refractivity contribution >= 4 is 13.8 Å². The zero-order valence-corrected chi connectivity index (χ0v) is 29.1. The van der Waals surface area contributed by atoms with E-state index in [0.717, 1.165) is 58.0 Å². The summed E-state index contributed by atoms with van der Waals surface area (Å²) in [6.45, 7) is 19.3. The first-order chi connectivity index (χ1) is 19.9. The molecule has 0 aromatic heterocycles. The molecule has 9 heteroatoms. The second-order valence-electron chi connectivity index (χ2n) is 16.5. The van der Waals surface area contributed by atoms with E-state index in [1.807, 2.05) is 7.11 Å². The van der Waals surface area contributed by atoms with Crippen molar-refractivity contribution in [1.82, 2.24) is 0 Å². The van der Waals surface area contributed by atoms with Crippen molar-refractivity contribution in [1.29, 1.82) is 0 Å². The first kappa shape index (κ1) is 33.9. The van der Waals surface area contributed by atoms with Gasteiger partial charge in [-0.3, -0.25) is 4.79 Å². The van der Waals surface area contributed by atoms with Crippen molar-refractivity contribution in [2.75, 3.05) is 20.5 Å². The summed E-state index contributed by atoms with van der Waals surface area (Å²) in [4.78, 5) is 32.3. The summed E-state index contributed by atoms with van der Waals surface area (Å²) in [6, 6.07) is 0. The molecule has 0 aromatic rings. The highest BCUT2D eigenvalue weighted by Crippen LogP contribution is 2.77. The lowest BCUT2D eigenvalue weighted by Crippen LogP contribution is -2.72. The molecule has 12 atom stereocenters. The number of fused-ring (bicyclic) bond motifs is 7. The van der Waals surface area contributed by atoms with E-state index in [2.05, 4.69) is 59.9 Å². The summed E-state index contributed by atoms with van der Waals surface area (Å²) in [5, 5.41) is 0. The van der Waals surface area contributed by atoms with Crippen LogP contribution in [0.1, 0.15) is 113 Å². The van der Waals surface area contributed by atoms with Crippen molar-refractivity contribution in [3.63, 3.8) is 0 Å². The van der Waals surface area contributed by atoms with Crippen LogP contribution in [0.3, 0.4) is 0 Å². The molecule has 5 saturated carbocycles. The highest BCUT2D eigenvalue weighted by Gasteiger charge is 2.74. The van der Waals surface area contributed by atoms with Gasteiger partial charge >= 0.3 is 13.8 Å². The Hall–Kier alpha value is -0.500. The molecule has 0 aliphatic heterocycles. The minimum absolute atomic E-state index is 0.0202. The van der Waals surface area contributed by atoms with Gasteiger partial charge in [-0.2, -0.15) is 0 Å². The van der Waals surface area contributed by atoms with Gasteiger partial charge in [0.25, 0.3) is 0 Å². The van der Waals surface area contributed by atoms with Crippen molar-refractivity contribution in [2.24, 2.45) is 62.6 Å². The van der Waals surface area contributed by atoms with Crippen molar-refractivity contribution < 1.29 is 37.9 Å². The number of phosphoric acid groups is 1. The van der Waals surface area contributed by atoms with Gasteiger partial charge in [0, 0.05) is 19.1 Å². The molecule has 0 bridgehead atoms. The fraction of sp³-hybridized carbons (Fsp3) is 0.971. The number of rotatable bonds is 7. The molecule has 0 amide bonds. The smallest absolute Gasteiger partial charge is 0.437 e. The molecule has 0 spiro atoms. The molecular weight excluding hydrogens is 567 g/mol. The number of hydrogen-bond acceptors (Lipinski definition) is 6. The molecule has 0 heterocycles. The lowest BCUT2D eigenvalue weighted by Gasteiger charge is -2.75. The van der Waals surface area contributed by atoms with E-state index in [0.29, 0.717) is 29.6 Å². The zero-order chi connectivity index (χ0) is 31.8. The predicted molar refractivity (Wildman–Crippen MR) is 165 cm³/mol. The van der Waals surface area contributed by atoms with Crippen LogP contribution in [0.15, 0.2) is 0 Å². The minimum Gasteiger partial charge on any atom is -0.437 e. The Kier molecular flexibility index (Phi) is 8.92. The Morgan fingerprint density at radius 3 is 2.23 bits per heavy atom. The number of ether oxygens (including phenoxy) is 3. The monoisotopic (exact) mass is 626 g/mol. The highest BCUT2D eigenvalue weighted by atomic mass is 31.2. The SMILES string of the molecule is CCOC1CCC2(C)C(CC(OC)C3(C)C2CCC2C4C(C)C(C)CCC4(C(=O)OCOP(=O)(O)O)CCC23C)C1(C)C. The zero-order valence-electron chi connectivity index (χ0n) is 28.2. The molecule has 5 fully saturated rings. The standard InChI is InChI=1S/C34H59O8P/c1-10-40-26-14-15-31(6)24-12-11-23-28-22(3)21(2)13-16-34(28,29(35)41-20-42-43(36,37)38)18-17-32(23,7)33(24,8)27(39-9)19-25(31)30(26,4)5/h21-28H,10-20H2,1-9H3,(H2,36,37,38). The van der Waals surface area contributed by atoms with Gasteiger partial charge in [0.1, 0.15) is 0 Å². The first-order valence-electron chi connectivity index (χ1n) is 17.0. The molecule has 43 heavy (non-hydrogen) atoms. The van der Waals surface area contributed by atoms with Crippen LogP contribution in [0.4, 0.5) is 0 Å². The number of carbonyl (C=O) groups excluding carboxylic acids is 1. The third kappa shape index (κ3) is 4.94. The van der Waals surface area contributed by atoms with Crippen LogP contribution in [0.5, 0.6) is 0 Å². The van der Waals surface area contributed by atoms with Crippen LogP contribution < -0.4 is 0 Å². The minimum atomic E-state index is -4.73. The van der Waals surface area contributed by atoms with Gasteiger partial charge in [0.15, 0.2) is 0 Å². The molecular formula is C34H59O8P. The van der Waals surface area contributed by atoms with Crippen LogP contribution in [0, 0.1) is 62.6 Å². The summed E-state index contributed by atoms with van der Waals surface area (Å²) >= 11 is 0. The number of carbonyl (C=O) groups is 1. The van der Waals surface area contributed by atoms with Crippen molar-refractivity contribution in [2.45, 2.75) is 125 Å². The third-order valence-electron chi connectivity index (χ3n) is 15.1. The summed E-state index contributed by atoms with van der Waals surface area (Å²) in [7, 11) is -2.82. The number of esters is 1. The Morgan fingerprint density at radius 2 is 1.60 bits per heavy atom. The average Bonchev–Trinajstić information content (AvgIpc) is 2.92. The van der Waals surface area contributed by atoms with Crippen molar-refractivity contribution in [3.05, 3.63) is 0 Å². The van der Waals surface area contributed by atoms with Gasteiger partial charge in [0.2, 0.25) is 6.79 Å². The Bertz CT molecular complexity index is 1110. The Labute approximate surface area is 260 Å². The molecule has 248 valence electrons. The summed E-state index contributed by atoms with van der Waals surface area (Å²) in [5.74, 6) is 1.99. The average molecular weight is 627 g/mol. The highest BCUT2D eigenvalue weighted by molar-refractivity contribution is 7.46. The maximum absolute atomic E-state index is 14.0.